The lowest BCUT2D eigenvalue weighted by atomic mass is 10.1. The number of nitrogens with one attached hydrogen (secondary N) is 1. The van der Waals surface area contributed by atoms with Gasteiger partial charge in [0.2, 0.25) is 0 Å². The minimum absolute atomic E-state index is 0.747. The third kappa shape index (κ3) is 11.0. The molecule has 1 aliphatic rings. The van der Waals surface area contributed by atoms with Crippen LogP contribution in [0.1, 0.15) is 67.2 Å². The van der Waals surface area contributed by atoms with E-state index in [1.54, 1.807) is 0 Å². The van der Waals surface area contributed by atoms with Gasteiger partial charge >= 0.3 is 0 Å². The lowest BCUT2D eigenvalue weighted by molar-refractivity contribution is 0.292. The Morgan fingerprint density at radius 2 is 1.72 bits per heavy atom. The van der Waals surface area contributed by atoms with Crippen molar-refractivity contribution >= 4 is 0 Å². The first-order valence-corrected chi connectivity index (χ1v) is 8.14. The van der Waals surface area contributed by atoms with Gasteiger partial charge in [-0.05, 0) is 38.9 Å². The van der Waals surface area contributed by atoms with Crippen molar-refractivity contribution in [2.75, 3.05) is 26.7 Å². The van der Waals surface area contributed by atoms with Crippen LogP contribution in [-0.4, -0.2) is 37.6 Å². The molecule has 0 aromatic carbocycles. The molecule has 0 aromatic heterocycles. The zero-order valence-electron chi connectivity index (χ0n) is 14.1. The molecule has 1 heterocycles. The number of hydrogen-bond acceptors (Lipinski definition) is 2. The Morgan fingerprint density at radius 3 is 2.17 bits per heavy atom. The van der Waals surface area contributed by atoms with E-state index in [4.69, 9.17) is 0 Å². The molecule has 0 spiro atoms. The summed E-state index contributed by atoms with van der Waals surface area (Å²) in [6.45, 7) is 16.3. The van der Waals surface area contributed by atoms with Crippen LogP contribution in [0.3, 0.4) is 0 Å². The second kappa shape index (κ2) is 15.0. The maximum absolute atomic E-state index is 3.59. The van der Waals surface area contributed by atoms with Gasteiger partial charge in [-0.25, -0.2) is 0 Å². The molecular formula is C16H38N2. The Kier molecular flexibility index (Phi) is 16.8. The van der Waals surface area contributed by atoms with Crippen molar-refractivity contribution in [2.45, 2.75) is 73.3 Å². The molecule has 2 atom stereocenters. The highest BCUT2D eigenvalue weighted by Gasteiger charge is 2.21. The van der Waals surface area contributed by atoms with E-state index < -0.39 is 0 Å². The average Bonchev–Trinajstić information content (AvgIpc) is 2.80. The molecule has 1 fully saturated rings. The zero-order chi connectivity index (χ0) is 14.4. The summed E-state index contributed by atoms with van der Waals surface area (Å²) in [5, 5.41) is 3.59. The van der Waals surface area contributed by atoms with Crippen molar-refractivity contribution in [2.24, 2.45) is 5.92 Å². The highest BCUT2D eigenvalue weighted by Crippen LogP contribution is 2.13. The van der Waals surface area contributed by atoms with E-state index in [-0.39, 0.29) is 0 Å². The molecule has 112 valence electrons. The van der Waals surface area contributed by atoms with Gasteiger partial charge in [-0.15, -0.1) is 0 Å². The van der Waals surface area contributed by atoms with Crippen LogP contribution in [-0.2, 0) is 0 Å². The molecule has 0 amide bonds. The Bertz CT molecular complexity index is 148. The summed E-state index contributed by atoms with van der Waals surface area (Å²) in [7, 11) is 2.25. The van der Waals surface area contributed by atoms with Crippen LogP contribution in [0.25, 0.3) is 0 Å². The monoisotopic (exact) mass is 258 g/mol. The molecule has 0 aliphatic carbocycles. The van der Waals surface area contributed by atoms with Gasteiger partial charge in [-0.3, -0.25) is 0 Å². The molecule has 1 rings (SSSR count). The fourth-order valence-corrected chi connectivity index (χ4v) is 2.26. The Morgan fingerprint density at radius 1 is 1.11 bits per heavy atom. The minimum atomic E-state index is 0.747. The minimum Gasteiger partial charge on any atom is -0.312 e. The van der Waals surface area contributed by atoms with Crippen molar-refractivity contribution in [1.29, 1.82) is 0 Å². The number of likely N-dealkylation sites (N-methyl/N-ethyl adjacent to an activating group) is 1. The van der Waals surface area contributed by atoms with Gasteiger partial charge in [0, 0.05) is 12.6 Å². The largest absolute Gasteiger partial charge is 0.312 e. The standard InChI is InChI=1S/C12H26N2.2C2H6/c1-4-5-6-7-14(3)10-12-8-11(2)9-13-12;2*1-2/h11-13H,4-10H2,1-3H3;2*1-2H3. The lowest BCUT2D eigenvalue weighted by Crippen LogP contribution is -2.35. The van der Waals surface area contributed by atoms with Crippen LogP contribution in [0.2, 0.25) is 0 Å². The van der Waals surface area contributed by atoms with Crippen LogP contribution in [0.5, 0.6) is 0 Å². The van der Waals surface area contributed by atoms with E-state index in [9.17, 15) is 0 Å². The van der Waals surface area contributed by atoms with Gasteiger partial charge < -0.3 is 10.2 Å². The van der Waals surface area contributed by atoms with Crippen molar-refractivity contribution in [3.05, 3.63) is 0 Å². The Hall–Kier alpha value is -0.0800. The zero-order valence-corrected chi connectivity index (χ0v) is 14.1. The van der Waals surface area contributed by atoms with Crippen molar-refractivity contribution in [3.8, 4) is 0 Å². The van der Waals surface area contributed by atoms with Gasteiger partial charge in [0.1, 0.15) is 0 Å². The summed E-state index contributed by atoms with van der Waals surface area (Å²) in [5.41, 5.74) is 0. The number of rotatable bonds is 6. The maximum Gasteiger partial charge on any atom is 0.0198 e. The first-order chi connectivity index (χ1) is 8.72. The quantitative estimate of drug-likeness (QED) is 0.720. The van der Waals surface area contributed by atoms with E-state index in [1.807, 2.05) is 27.7 Å². The Labute approximate surface area is 117 Å². The first-order valence-electron chi connectivity index (χ1n) is 8.14. The normalized spacial score (nSPS) is 22.0. The van der Waals surface area contributed by atoms with Crippen LogP contribution in [0.4, 0.5) is 0 Å². The van der Waals surface area contributed by atoms with Gasteiger partial charge in [0.05, 0.1) is 0 Å². The molecule has 0 bridgehead atoms. The summed E-state index contributed by atoms with van der Waals surface area (Å²) in [6, 6.07) is 0.747. The molecule has 0 aromatic rings. The van der Waals surface area contributed by atoms with Gasteiger partial charge in [0.25, 0.3) is 0 Å². The fourth-order valence-electron chi connectivity index (χ4n) is 2.26. The SMILES string of the molecule is CC.CC.CCCCCN(C)CC1CC(C)CN1. The molecule has 2 unspecified atom stereocenters. The molecule has 1 N–H and O–H groups in total. The molecule has 0 radical (unpaired) electrons. The third-order valence-electron chi connectivity index (χ3n) is 3.12. The molecule has 1 aliphatic heterocycles. The second-order valence-corrected chi connectivity index (χ2v) is 4.92. The lowest BCUT2D eigenvalue weighted by Gasteiger charge is -2.20. The molecule has 2 nitrogen and oxygen atoms in total. The fraction of sp³-hybridized carbons (Fsp3) is 1.00. The van der Waals surface area contributed by atoms with Crippen molar-refractivity contribution in [1.82, 2.24) is 10.2 Å². The van der Waals surface area contributed by atoms with E-state index in [0.29, 0.717) is 0 Å². The van der Waals surface area contributed by atoms with Crippen LogP contribution in [0.15, 0.2) is 0 Å². The number of hydrogen-bond donors (Lipinski definition) is 1. The summed E-state index contributed by atoms with van der Waals surface area (Å²) in [5.74, 6) is 0.879. The van der Waals surface area contributed by atoms with Crippen LogP contribution < -0.4 is 5.32 Å². The summed E-state index contributed by atoms with van der Waals surface area (Å²) in [6.07, 6.45) is 5.42. The number of nitrogens with zero attached hydrogens (tertiary/aromatic N) is 1. The molecular weight excluding hydrogens is 220 g/mol. The highest BCUT2D eigenvalue weighted by atomic mass is 15.1. The maximum atomic E-state index is 3.59. The van der Waals surface area contributed by atoms with Gasteiger partial charge in [-0.1, -0.05) is 54.4 Å². The molecule has 18 heavy (non-hydrogen) atoms. The molecule has 0 saturated carbocycles. The van der Waals surface area contributed by atoms with Crippen molar-refractivity contribution < 1.29 is 0 Å². The Balaban J connectivity index is 0. The molecule has 1 saturated heterocycles. The third-order valence-corrected chi connectivity index (χ3v) is 3.12. The topological polar surface area (TPSA) is 15.3 Å². The van der Waals surface area contributed by atoms with Crippen molar-refractivity contribution in [3.63, 3.8) is 0 Å². The van der Waals surface area contributed by atoms with Gasteiger partial charge in [-0.2, -0.15) is 0 Å². The van der Waals surface area contributed by atoms with E-state index >= 15 is 0 Å². The molecule has 2 heteroatoms. The predicted molar refractivity (Wildman–Crippen MR) is 85.3 cm³/mol. The van der Waals surface area contributed by atoms with Crippen LogP contribution in [0, 0.1) is 5.92 Å². The van der Waals surface area contributed by atoms with E-state index in [0.717, 1.165) is 12.0 Å². The second-order valence-electron chi connectivity index (χ2n) is 4.92. The predicted octanol–water partition coefficient (Wildman–Crippen LogP) is 4.16. The van der Waals surface area contributed by atoms with Crippen LogP contribution >= 0.6 is 0 Å². The first kappa shape index (κ1) is 20.2. The van der Waals surface area contributed by atoms with E-state index in [1.165, 1.54) is 45.3 Å². The summed E-state index contributed by atoms with van der Waals surface area (Å²) in [4.78, 5) is 2.48. The average molecular weight is 258 g/mol. The van der Waals surface area contributed by atoms with E-state index in [2.05, 4.69) is 31.1 Å². The summed E-state index contributed by atoms with van der Waals surface area (Å²) < 4.78 is 0. The number of unbranched alkanes of at least 4 members (excludes halogenated alkanes) is 2. The smallest absolute Gasteiger partial charge is 0.0198 e. The highest BCUT2D eigenvalue weighted by molar-refractivity contribution is 4.81. The van der Waals surface area contributed by atoms with Gasteiger partial charge in [0.15, 0.2) is 0 Å². The summed E-state index contributed by atoms with van der Waals surface area (Å²) >= 11 is 0.